The Morgan fingerprint density at radius 1 is 0.443 bits per heavy atom. The van der Waals surface area contributed by atoms with Gasteiger partial charge in [-0.3, -0.25) is 4.79 Å². The number of fused-ring (bicyclic) bond motifs is 19. The van der Waals surface area contributed by atoms with Crippen molar-refractivity contribution in [2.24, 2.45) is 0 Å². The third-order valence-corrected chi connectivity index (χ3v) is 27.3. The molecule has 2 radical (unpaired) electrons. The van der Waals surface area contributed by atoms with Crippen molar-refractivity contribution in [2.45, 2.75) is 117 Å². The van der Waals surface area contributed by atoms with E-state index in [0.717, 1.165) is 53.4 Å². The number of carbonyl (C=O) groups excluding carboxylic acids is 1. The number of allylic oxidation sites excluding steroid dienone is 2. The fourth-order valence-electron chi connectivity index (χ4n) is 20.9. The molecule has 740 valence electrons. The summed E-state index contributed by atoms with van der Waals surface area (Å²) in [5.41, 5.74) is 31.8. The molecule has 0 saturated carbocycles. The summed E-state index contributed by atoms with van der Waals surface area (Å²) >= 11 is 0. The Bertz CT molecular complexity index is 9500. The first-order valence-electron chi connectivity index (χ1n) is 52.2. The zero-order chi connectivity index (χ0) is 104. The van der Waals surface area contributed by atoms with Crippen molar-refractivity contribution in [1.82, 2.24) is 28.5 Å². The fourth-order valence-corrected chi connectivity index (χ4v) is 20.9. The van der Waals surface area contributed by atoms with E-state index < -0.39 is 12.1 Å². The Morgan fingerprint density at radius 3 is 1.70 bits per heavy atom. The van der Waals surface area contributed by atoms with Gasteiger partial charge in [0.1, 0.15) is 56.5 Å². The van der Waals surface area contributed by atoms with E-state index in [1.54, 1.807) is 0 Å². The van der Waals surface area contributed by atoms with Crippen LogP contribution in [0.4, 0.5) is 0 Å². The number of pyridine rings is 5. The van der Waals surface area contributed by atoms with E-state index >= 15 is 0 Å². The molecule has 0 saturated heterocycles. The molecule has 0 fully saturated rings. The summed E-state index contributed by atoms with van der Waals surface area (Å²) in [6, 6.07) is 129. The van der Waals surface area contributed by atoms with Gasteiger partial charge in [0.25, 0.3) is 17.3 Å². The van der Waals surface area contributed by atoms with Gasteiger partial charge >= 0.3 is 0 Å². The summed E-state index contributed by atoms with van der Waals surface area (Å²) in [6.07, 6.45) is 13.2. The minimum atomic E-state index is -0.411. The molecule has 0 bridgehead atoms. The van der Waals surface area contributed by atoms with Crippen molar-refractivity contribution in [3.8, 4) is 90.4 Å². The maximum Gasteiger partial charge on any atom is 0.295 e. The largest absolute Gasteiger partial charge is 0.512 e. The second-order valence-corrected chi connectivity index (χ2v) is 37.1. The molecule has 29 rings (SSSR count). The molecule has 14 heteroatoms. The van der Waals surface area contributed by atoms with E-state index in [0.29, 0.717) is 5.56 Å². The number of aliphatic hydroxyl groups is 1. The number of carbonyl (C=O) groups is 1. The molecule has 0 spiro atoms. The monoisotopic (exact) mass is 2310 g/mol. The first-order chi connectivity index (χ1) is 73.4. The van der Waals surface area contributed by atoms with Gasteiger partial charge in [-0.05, 0) is 191 Å². The van der Waals surface area contributed by atoms with Crippen molar-refractivity contribution in [1.29, 1.82) is 0 Å². The van der Waals surface area contributed by atoms with Gasteiger partial charge in [0, 0.05) is 126 Å². The normalized spacial score (nSPS) is 12.6. The number of aromatic nitrogens is 10. The van der Waals surface area contributed by atoms with Crippen LogP contribution in [0.3, 0.4) is 0 Å². The van der Waals surface area contributed by atoms with Crippen molar-refractivity contribution in [2.75, 3.05) is 0 Å². The van der Waals surface area contributed by atoms with Crippen LogP contribution in [0.15, 0.2) is 443 Å². The SMILES string of the molecule is C.C.C.C.CC(=O)C=C(C)O.CC1(C)c2ccc[c-]c2-c2nccc3cccc1c23.Cc1ccc(-c2[c-]cccc2)nc1.Cc1ccc2c(c1)c1cccc3c1c1n2c(-c2c(C)cccc2C)c[n+]1C3.[2H]c1c([2H])c([2H])c2c(c1[2H])C[n+]1c([2H])c([2H])c([2H])c([2H])c1-2.[Ir].[Ir].[c-]1ccccc1-c1nccc2ccccc12.c1ccc2c(c1)C[n+]1c-2n(-c2cccc3ccccc23)c2ccccc21.c1ccc2c(c1)C[n+]1ccn(-c3cccc4ccccc34)c1-2. The molecule has 4 aliphatic heterocycles. The molecule has 149 heavy (non-hydrogen) atoms. The number of rotatable bonds is 6. The molecule has 0 atom stereocenters. The van der Waals surface area contributed by atoms with Crippen LogP contribution in [0, 0.1) is 45.9 Å². The van der Waals surface area contributed by atoms with E-state index in [1.807, 2.05) is 104 Å². The summed E-state index contributed by atoms with van der Waals surface area (Å²) in [4.78, 5) is 23.4. The topological polar surface area (TPSA) is 106 Å². The molecule has 24 aromatic rings. The van der Waals surface area contributed by atoms with Crippen LogP contribution in [0.2, 0.25) is 0 Å². The van der Waals surface area contributed by atoms with Crippen molar-refractivity contribution in [3.05, 3.63) is 517 Å². The van der Waals surface area contributed by atoms with Gasteiger partial charge in [0.2, 0.25) is 5.69 Å². The van der Waals surface area contributed by atoms with E-state index in [-0.39, 0.29) is 141 Å². The van der Waals surface area contributed by atoms with Crippen LogP contribution >= 0.6 is 0 Å². The standard InChI is InChI=1S/C25H21N2.C24H17N2.C20H15N2.C18H14N.C15H10N.2C12H10N.C5H8O2.4CH4.2Ir/c1-15-10-11-21-20(12-15)19-9-5-8-18-13-26-14-22(27(21)25(26)24(18)19)23-16(2)6-4-7-17(23)3;1-3-11-19-17(8-1)10-7-15-21(19)26-23-14-6-5-13-22(23)25-16-18-9-2-4-12-20(18)24(25)26;1-3-9-17-15(6-1)8-5-11-19(17)22-13-12-21-14-16-7-2-4-10-18(16)20(21)22;1-18(2)14-8-4-3-7-13(14)17-16-12(10-11-19-17)6-5-9-15(16)18;1-2-7-13(8-3-1)15-14-9-5-4-6-12(14)10-11-16-15;1-2-6-11-10(5-1)9-13-8-4-3-7-12(11)13;1-10-7-8-12(13-9-10)11-5-3-2-4-6-11;1-4(6)3-5(2)7;;;;;;/h4-12,14H,13H2,1-3H3;1-15H,16H2;1-13H,14H2;3-6,8-11H,1-2H3;1-7,9-11H;1-8H,9H2;2-5,7-9H,1H3;3,6H,1-2H3;4*1H4;;/q3*+1;2*-1;+1;-1;;;;;;;/i;;;;;1D,2D,3D,4D,5D,6D,7D,8D;;;;;;;;. The van der Waals surface area contributed by atoms with Crippen LogP contribution in [-0.4, -0.2) is 39.4 Å². The summed E-state index contributed by atoms with van der Waals surface area (Å²) in [7, 11) is 0. The van der Waals surface area contributed by atoms with Gasteiger partial charge in [-0.25, -0.2) is 13.7 Å². The molecule has 0 unspecified atom stereocenters. The second-order valence-electron chi connectivity index (χ2n) is 37.1. The molecule has 12 heterocycles. The van der Waals surface area contributed by atoms with Gasteiger partial charge in [0.05, 0.1) is 37.4 Å². The van der Waals surface area contributed by atoms with Gasteiger partial charge in [-0.1, -0.05) is 286 Å². The van der Waals surface area contributed by atoms with Crippen LogP contribution in [-0.2, 0) is 76.6 Å². The van der Waals surface area contributed by atoms with Crippen molar-refractivity contribution >= 4 is 87.2 Å². The van der Waals surface area contributed by atoms with Gasteiger partial charge in [-0.2, -0.15) is 18.1 Å². The molecule has 0 amide bonds. The second kappa shape index (κ2) is 45.7. The number of nitrogens with zero attached hydrogens (tertiary/aromatic N) is 10. The number of imidazole rings is 3. The predicted octanol–water partition coefficient (Wildman–Crippen LogP) is 31.0. The summed E-state index contributed by atoms with van der Waals surface area (Å²) in [6.45, 7) is 18.9. The summed E-state index contributed by atoms with van der Waals surface area (Å²) in [5.74, 6) is 2.48. The van der Waals surface area contributed by atoms with E-state index in [9.17, 15) is 4.79 Å². The zero-order valence-electron chi connectivity index (χ0n) is 89.3. The summed E-state index contributed by atoms with van der Waals surface area (Å²) < 4.78 is 78.3. The average Bonchev–Trinajstić information content (AvgIpc) is 1.58. The minimum Gasteiger partial charge on any atom is -0.512 e. The number of aliphatic hydroxyl groups excluding tert-OH is 1. The van der Waals surface area contributed by atoms with Crippen LogP contribution in [0.5, 0.6) is 0 Å². The molecule has 1 aliphatic carbocycles. The third-order valence-electron chi connectivity index (χ3n) is 27.3. The number of hydrogen-bond donors (Lipinski definition) is 1. The van der Waals surface area contributed by atoms with Crippen LogP contribution in [0.1, 0.15) is 124 Å². The van der Waals surface area contributed by atoms with Crippen molar-refractivity contribution in [3.63, 3.8) is 0 Å². The van der Waals surface area contributed by atoms with Crippen LogP contribution in [0.25, 0.3) is 172 Å². The maximum atomic E-state index is 10.0. The Morgan fingerprint density at radius 2 is 1.00 bits per heavy atom. The van der Waals surface area contributed by atoms with Crippen molar-refractivity contribution < 1.29 is 79.3 Å². The first-order valence-corrected chi connectivity index (χ1v) is 48.2. The third kappa shape index (κ3) is 20.5. The number of benzene rings is 16. The van der Waals surface area contributed by atoms with Gasteiger partial charge in [0.15, 0.2) is 35.2 Å². The van der Waals surface area contributed by atoms with E-state index in [2.05, 4.69) is 381 Å². The first kappa shape index (κ1) is 94.8. The Balaban J connectivity index is 0.000000128. The molecule has 1 N–H and O–H groups in total. The molecule has 16 aromatic carbocycles. The molecular weight excluding hydrogens is 2180 g/mol. The van der Waals surface area contributed by atoms with E-state index in [4.69, 9.17) is 16.1 Å². The van der Waals surface area contributed by atoms with Crippen LogP contribution < -0.4 is 18.3 Å². The number of ketones is 1. The number of hydrogen-bond acceptors (Lipinski definition) is 5. The van der Waals surface area contributed by atoms with E-state index in [1.165, 1.54) is 201 Å². The summed E-state index contributed by atoms with van der Waals surface area (Å²) in [5, 5.41) is 22.5. The molecule has 5 aliphatic rings. The Labute approximate surface area is 912 Å². The number of para-hydroxylation sites is 2. The Hall–Kier alpha value is -16.4. The molecule has 12 nitrogen and oxygen atoms in total. The Kier molecular flexibility index (Phi) is 29.1. The number of aryl methyl sites for hydroxylation is 4. The zero-order valence-corrected chi connectivity index (χ0v) is 86.1. The molecular formula is C135H121Ir2N10O2+. The smallest absolute Gasteiger partial charge is 0.295 e. The maximum absolute atomic E-state index is 10.0. The minimum absolute atomic E-state index is 0. The average molecular weight is 2310 g/mol. The van der Waals surface area contributed by atoms with Gasteiger partial charge < -0.3 is 20.1 Å². The fraction of sp³-hybridized carbons (Fsp3) is 0.126. The molecule has 8 aromatic heterocycles. The van der Waals surface area contributed by atoms with Gasteiger partial charge in [-0.15, -0.1) is 107 Å². The quantitative estimate of drug-likeness (QED) is 0.0587. The predicted molar refractivity (Wildman–Crippen MR) is 607 cm³/mol.